The zero-order valence-electron chi connectivity index (χ0n) is 18.8. The van der Waals surface area contributed by atoms with Crippen molar-refractivity contribution < 1.29 is 22.7 Å². The number of carbonyl (C=O) groups excluding carboxylic acids is 2. The molecule has 1 heterocycles. The molecule has 0 saturated heterocycles. The van der Waals surface area contributed by atoms with Crippen molar-refractivity contribution in [2.45, 2.75) is 11.1 Å². The summed E-state index contributed by atoms with van der Waals surface area (Å²) in [5, 5.41) is 5.79. The van der Waals surface area contributed by atoms with E-state index in [-0.39, 0.29) is 28.0 Å². The van der Waals surface area contributed by atoms with Crippen molar-refractivity contribution in [1.82, 2.24) is 10.3 Å². The van der Waals surface area contributed by atoms with E-state index in [9.17, 15) is 18.0 Å². The van der Waals surface area contributed by atoms with E-state index in [2.05, 4.69) is 15.2 Å². The van der Waals surface area contributed by atoms with E-state index in [1.165, 1.54) is 23.1 Å². The Kier molecular flexibility index (Phi) is 8.03. The van der Waals surface area contributed by atoms with E-state index in [1.54, 1.807) is 68.9 Å². The number of likely N-dealkylation sites (N-methyl/N-ethyl adjacent to an activating group) is 1. The van der Waals surface area contributed by atoms with Crippen LogP contribution in [0.15, 0.2) is 75.4 Å². The number of anilines is 1. The predicted molar refractivity (Wildman–Crippen MR) is 132 cm³/mol. The van der Waals surface area contributed by atoms with Crippen molar-refractivity contribution in [2.24, 2.45) is 5.10 Å². The average Bonchev–Trinajstić information content (AvgIpc) is 3.37. The summed E-state index contributed by atoms with van der Waals surface area (Å²) < 4.78 is 33.2. The summed E-state index contributed by atoms with van der Waals surface area (Å²) in [6, 6.07) is 16.3. The first-order valence-corrected chi connectivity index (χ1v) is 12.5. The maximum atomic E-state index is 12.8. The molecule has 11 heteroatoms. The van der Waals surface area contributed by atoms with Gasteiger partial charge in [-0.15, -0.1) is 11.3 Å². The fourth-order valence-electron chi connectivity index (χ4n) is 2.73. The van der Waals surface area contributed by atoms with Crippen LogP contribution in [0.5, 0.6) is 5.75 Å². The maximum Gasteiger partial charge on any atom is 0.273 e. The number of sulfonamides is 1. The van der Waals surface area contributed by atoms with Crippen LogP contribution in [0, 0.1) is 0 Å². The molecular weight excluding hydrogens is 476 g/mol. The van der Waals surface area contributed by atoms with Crippen LogP contribution in [-0.2, 0) is 14.8 Å². The molecule has 9 nitrogen and oxygen atoms in total. The van der Waals surface area contributed by atoms with Gasteiger partial charge in [-0.25, -0.2) is 13.8 Å². The zero-order valence-corrected chi connectivity index (χ0v) is 20.4. The number of nitrogens with one attached hydrogen (secondary N) is 2. The van der Waals surface area contributed by atoms with Crippen LogP contribution >= 0.6 is 11.3 Å². The van der Waals surface area contributed by atoms with Crippen LogP contribution in [0.2, 0.25) is 0 Å². The molecule has 1 aromatic heterocycles. The third kappa shape index (κ3) is 6.42. The van der Waals surface area contributed by atoms with Gasteiger partial charge in [0.15, 0.2) is 6.61 Å². The third-order valence-corrected chi connectivity index (χ3v) is 7.38. The summed E-state index contributed by atoms with van der Waals surface area (Å²) in [6.07, 6.45) is 0. The van der Waals surface area contributed by atoms with Gasteiger partial charge in [0, 0.05) is 19.7 Å². The summed E-state index contributed by atoms with van der Waals surface area (Å²) in [7, 11) is -0.519. The fourth-order valence-corrected chi connectivity index (χ4v) is 4.80. The largest absolute Gasteiger partial charge is 0.484 e. The molecule has 3 aromatic rings. The number of rotatable bonds is 9. The number of amides is 2. The van der Waals surface area contributed by atoms with Gasteiger partial charge in [-0.1, -0.05) is 30.3 Å². The van der Waals surface area contributed by atoms with Gasteiger partial charge >= 0.3 is 0 Å². The lowest BCUT2D eigenvalue weighted by atomic mass is 10.1. The van der Waals surface area contributed by atoms with Gasteiger partial charge in [0.05, 0.1) is 17.0 Å². The van der Waals surface area contributed by atoms with Crippen molar-refractivity contribution in [3.8, 4) is 5.75 Å². The Morgan fingerprint density at radius 3 is 2.53 bits per heavy atom. The SMILES string of the molecule is CC(=NNC(=O)c1ccccc1NS(=O)(=O)c1cccs1)c1cccc(OCC(=O)N(C)C)c1. The number of ether oxygens (including phenoxy) is 1. The number of thiophene rings is 1. The molecule has 0 bridgehead atoms. The highest BCUT2D eigenvalue weighted by Gasteiger charge is 2.19. The standard InChI is InChI=1S/C23H24N4O5S2/c1-16(17-8-6-9-18(14-17)32-15-21(28)27(2)3)24-25-23(29)19-10-4-5-11-20(19)26-34(30,31)22-12-7-13-33-22/h4-14,26H,15H2,1-3H3,(H,25,29). The molecule has 0 saturated carbocycles. The van der Waals surface area contributed by atoms with E-state index in [0.29, 0.717) is 17.0 Å². The van der Waals surface area contributed by atoms with E-state index in [1.807, 2.05) is 0 Å². The number of carbonyl (C=O) groups is 2. The molecule has 0 fully saturated rings. The van der Waals surface area contributed by atoms with Crippen molar-refractivity contribution in [1.29, 1.82) is 0 Å². The lowest BCUT2D eigenvalue weighted by molar-refractivity contribution is -0.130. The Morgan fingerprint density at radius 1 is 1.06 bits per heavy atom. The molecule has 2 aromatic carbocycles. The molecule has 178 valence electrons. The second kappa shape index (κ2) is 10.9. The third-order valence-electron chi connectivity index (χ3n) is 4.61. The number of para-hydroxylation sites is 1. The van der Waals surface area contributed by atoms with E-state index >= 15 is 0 Å². The number of nitrogens with zero attached hydrogens (tertiary/aromatic N) is 2. The fraction of sp³-hybridized carbons (Fsp3) is 0.174. The molecule has 0 radical (unpaired) electrons. The van der Waals surface area contributed by atoms with Gasteiger partial charge in [-0.3, -0.25) is 14.3 Å². The molecule has 3 rings (SSSR count). The Hall–Kier alpha value is -3.70. The van der Waals surface area contributed by atoms with Gasteiger partial charge < -0.3 is 9.64 Å². The molecule has 34 heavy (non-hydrogen) atoms. The van der Waals surface area contributed by atoms with Crippen molar-refractivity contribution in [3.05, 3.63) is 77.2 Å². The molecule has 0 aliphatic heterocycles. The van der Waals surface area contributed by atoms with Crippen molar-refractivity contribution >= 4 is 44.6 Å². The highest BCUT2D eigenvalue weighted by atomic mass is 32.2. The van der Waals surface area contributed by atoms with Crippen LogP contribution in [0.3, 0.4) is 0 Å². The van der Waals surface area contributed by atoms with E-state index < -0.39 is 15.9 Å². The zero-order chi connectivity index (χ0) is 24.7. The first-order valence-electron chi connectivity index (χ1n) is 10.1. The molecule has 0 atom stereocenters. The molecule has 2 amide bonds. The molecule has 0 unspecified atom stereocenters. The predicted octanol–water partition coefficient (Wildman–Crippen LogP) is 3.17. The van der Waals surface area contributed by atoms with E-state index in [4.69, 9.17) is 4.74 Å². The monoisotopic (exact) mass is 500 g/mol. The quantitative estimate of drug-likeness (QED) is 0.346. The van der Waals surface area contributed by atoms with Crippen LogP contribution in [-0.4, -0.2) is 51.5 Å². The minimum Gasteiger partial charge on any atom is -0.484 e. The van der Waals surface area contributed by atoms with Crippen LogP contribution < -0.4 is 14.9 Å². The summed E-state index contributed by atoms with van der Waals surface area (Å²) in [6.45, 7) is 1.61. The van der Waals surface area contributed by atoms with Gasteiger partial charge in [0.1, 0.15) is 9.96 Å². The minimum absolute atomic E-state index is 0.0957. The molecule has 2 N–H and O–H groups in total. The second-order valence-electron chi connectivity index (χ2n) is 7.33. The van der Waals surface area contributed by atoms with Crippen molar-refractivity contribution in [2.75, 3.05) is 25.4 Å². The number of hydrogen-bond donors (Lipinski definition) is 2. The normalized spacial score (nSPS) is 11.6. The first-order chi connectivity index (χ1) is 16.2. The van der Waals surface area contributed by atoms with Gasteiger partial charge in [-0.05, 0) is 42.6 Å². The maximum absolute atomic E-state index is 12.8. The van der Waals surface area contributed by atoms with Crippen LogP contribution in [0.1, 0.15) is 22.8 Å². The Bertz CT molecular complexity index is 1300. The lowest BCUT2D eigenvalue weighted by Gasteiger charge is -2.12. The second-order valence-corrected chi connectivity index (χ2v) is 10.2. The minimum atomic E-state index is -3.81. The molecule has 0 aliphatic carbocycles. The number of hydrogen-bond acceptors (Lipinski definition) is 7. The Balaban J connectivity index is 1.72. The summed E-state index contributed by atoms with van der Waals surface area (Å²) in [4.78, 5) is 25.9. The number of hydrazone groups is 1. The van der Waals surface area contributed by atoms with E-state index in [0.717, 1.165) is 11.3 Å². The highest BCUT2D eigenvalue weighted by molar-refractivity contribution is 7.94. The average molecular weight is 501 g/mol. The Labute approximate surface area is 202 Å². The van der Waals surface area contributed by atoms with Gasteiger partial charge in [0.25, 0.3) is 21.8 Å². The molecular formula is C23H24N4O5S2. The first kappa shape index (κ1) is 24.9. The summed E-state index contributed by atoms with van der Waals surface area (Å²) in [5.74, 6) is -0.258. The van der Waals surface area contributed by atoms with Gasteiger partial charge in [0.2, 0.25) is 0 Å². The molecule has 0 spiro atoms. The van der Waals surface area contributed by atoms with Crippen LogP contribution in [0.25, 0.3) is 0 Å². The topological polar surface area (TPSA) is 117 Å². The highest BCUT2D eigenvalue weighted by Crippen LogP contribution is 2.23. The summed E-state index contributed by atoms with van der Waals surface area (Å²) >= 11 is 1.08. The summed E-state index contributed by atoms with van der Waals surface area (Å²) in [5.41, 5.74) is 3.90. The van der Waals surface area contributed by atoms with Crippen molar-refractivity contribution in [3.63, 3.8) is 0 Å². The Morgan fingerprint density at radius 2 is 1.82 bits per heavy atom. The molecule has 0 aliphatic rings. The van der Waals surface area contributed by atoms with Crippen LogP contribution in [0.4, 0.5) is 5.69 Å². The van der Waals surface area contributed by atoms with Gasteiger partial charge in [-0.2, -0.15) is 5.10 Å². The number of benzene rings is 2. The smallest absolute Gasteiger partial charge is 0.273 e. The lowest BCUT2D eigenvalue weighted by Crippen LogP contribution is -2.27.